The van der Waals surface area contributed by atoms with Crippen molar-refractivity contribution in [3.05, 3.63) is 55.8 Å². The molecule has 1 aromatic carbocycles. The van der Waals surface area contributed by atoms with Gasteiger partial charge < -0.3 is 4.74 Å². The van der Waals surface area contributed by atoms with Crippen molar-refractivity contribution in [3.63, 3.8) is 0 Å². The predicted octanol–water partition coefficient (Wildman–Crippen LogP) is 2.54. The molecular weight excluding hydrogens is 296 g/mol. The second kappa shape index (κ2) is 7.07. The molecule has 0 unspecified atom stereocenters. The Labute approximate surface area is 124 Å². The van der Waals surface area contributed by atoms with E-state index in [0.717, 1.165) is 18.2 Å². The lowest BCUT2D eigenvalue weighted by Gasteiger charge is -2.06. The summed E-state index contributed by atoms with van der Waals surface area (Å²) in [7, 11) is 0. The highest BCUT2D eigenvalue weighted by Gasteiger charge is 2.22. The number of hydrogen-bond donors (Lipinski definition) is 0. The first-order chi connectivity index (χ1) is 10.3. The van der Waals surface area contributed by atoms with Gasteiger partial charge in [-0.25, -0.2) is 4.79 Å². The number of Topliss-reactive ketones (excluding diaryl/α,β-unsaturated/α-hetero) is 1. The largest absolute Gasteiger partial charge is 0.419 e. The van der Waals surface area contributed by atoms with Crippen LogP contribution in [0.25, 0.3) is 0 Å². The summed E-state index contributed by atoms with van der Waals surface area (Å²) in [6.45, 7) is 3.05. The first kappa shape index (κ1) is 17.0. The summed E-state index contributed by atoms with van der Waals surface area (Å²) in [5.41, 5.74) is -1.63. The summed E-state index contributed by atoms with van der Waals surface area (Å²) < 4.78 is 4.84. The highest BCUT2D eigenvalue weighted by Crippen LogP contribution is 2.23. The van der Waals surface area contributed by atoms with Gasteiger partial charge in [-0.3, -0.25) is 25.0 Å². The minimum absolute atomic E-state index is 0.0992. The molecule has 0 spiro atoms. The first-order valence-corrected chi connectivity index (χ1v) is 6.15. The maximum Gasteiger partial charge on any atom is 0.344 e. The van der Waals surface area contributed by atoms with Crippen LogP contribution < -0.4 is 0 Å². The van der Waals surface area contributed by atoms with Gasteiger partial charge in [0.1, 0.15) is 0 Å². The van der Waals surface area contributed by atoms with E-state index in [4.69, 9.17) is 4.74 Å². The van der Waals surface area contributed by atoms with Gasteiger partial charge in [0.05, 0.1) is 21.5 Å². The van der Waals surface area contributed by atoms with Crippen molar-refractivity contribution in [2.45, 2.75) is 20.3 Å². The number of carbonyl (C=O) groups excluding carboxylic acids is 2. The monoisotopic (exact) mass is 308 g/mol. The standard InChI is InChI=1S/C13H12N2O7/c1-3-11(16)12(4-2)22-13(17)8-5-9(14(18)19)7-10(6-8)15(20)21/h4-7H,3H2,1-2H3/b12-4-. The topological polar surface area (TPSA) is 130 Å². The molecule has 0 aliphatic heterocycles. The molecule has 0 radical (unpaired) electrons. The van der Waals surface area contributed by atoms with Crippen LogP contribution in [0.2, 0.25) is 0 Å². The third-order valence-electron chi connectivity index (χ3n) is 2.62. The van der Waals surface area contributed by atoms with Crippen molar-refractivity contribution in [1.29, 1.82) is 0 Å². The summed E-state index contributed by atoms with van der Waals surface area (Å²) >= 11 is 0. The van der Waals surface area contributed by atoms with Crippen LogP contribution in [0.15, 0.2) is 30.0 Å². The van der Waals surface area contributed by atoms with Gasteiger partial charge in [0.15, 0.2) is 11.5 Å². The maximum absolute atomic E-state index is 11.9. The Morgan fingerprint density at radius 1 is 1.14 bits per heavy atom. The molecular formula is C13H12N2O7. The van der Waals surface area contributed by atoms with E-state index in [1.807, 2.05) is 0 Å². The molecule has 0 saturated carbocycles. The number of non-ortho nitro benzene ring substituents is 2. The molecule has 0 heterocycles. The van der Waals surface area contributed by atoms with E-state index in [-0.39, 0.29) is 17.7 Å². The van der Waals surface area contributed by atoms with Crippen LogP contribution >= 0.6 is 0 Å². The lowest BCUT2D eigenvalue weighted by atomic mass is 10.1. The fourth-order valence-electron chi connectivity index (χ4n) is 1.53. The van der Waals surface area contributed by atoms with Gasteiger partial charge >= 0.3 is 5.97 Å². The molecule has 22 heavy (non-hydrogen) atoms. The van der Waals surface area contributed by atoms with Gasteiger partial charge in [-0.05, 0) is 13.0 Å². The van der Waals surface area contributed by atoms with Crippen molar-refractivity contribution >= 4 is 23.1 Å². The van der Waals surface area contributed by atoms with E-state index in [9.17, 15) is 29.8 Å². The molecule has 0 aromatic heterocycles. The Balaban J connectivity index is 3.20. The van der Waals surface area contributed by atoms with E-state index < -0.39 is 33.0 Å². The second-order valence-electron chi connectivity index (χ2n) is 4.07. The zero-order chi connectivity index (χ0) is 16.9. The second-order valence-corrected chi connectivity index (χ2v) is 4.07. The van der Waals surface area contributed by atoms with Crippen LogP contribution in [0.4, 0.5) is 11.4 Å². The lowest BCUT2D eigenvalue weighted by Crippen LogP contribution is -2.12. The predicted molar refractivity (Wildman–Crippen MR) is 74.2 cm³/mol. The van der Waals surface area contributed by atoms with Gasteiger partial charge in [0.25, 0.3) is 11.4 Å². The number of rotatable bonds is 6. The number of allylic oxidation sites excluding steroid dienone is 2. The van der Waals surface area contributed by atoms with Crippen molar-refractivity contribution in [1.82, 2.24) is 0 Å². The molecule has 0 aliphatic rings. The van der Waals surface area contributed by atoms with Gasteiger partial charge in [0, 0.05) is 18.6 Å². The Kier molecular flexibility index (Phi) is 5.44. The summed E-state index contributed by atoms with van der Waals surface area (Å²) in [6.07, 6.45) is 1.37. The number of esters is 1. The Hall–Kier alpha value is -3.10. The summed E-state index contributed by atoms with van der Waals surface area (Å²) in [4.78, 5) is 43.2. The molecule has 0 fully saturated rings. The molecule has 0 aliphatic carbocycles. The van der Waals surface area contributed by atoms with Crippen LogP contribution in [0.3, 0.4) is 0 Å². The van der Waals surface area contributed by atoms with Gasteiger partial charge in [0.2, 0.25) is 0 Å². The van der Waals surface area contributed by atoms with Crippen molar-refractivity contribution in [2.24, 2.45) is 0 Å². The highest BCUT2D eigenvalue weighted by molar-refractivity contribution is 5.99. The fourth-order valence-corrected chi connectivity index (χ4v) is 1.53. The minimum Gasteiger partial charge on any atom is -0.419 e. The minimum atomic E-state index is -1.08. The zero-order valence-electron chi connectivity index (χ0n) is 11.8. The third-order valence-corrected chi connectivity index (χ3v) is 2.62. The molecule has 0 saturated heterocycles. The smallest absolute Gasteiger partial charge is 0.344 e. The molecule has 9 nitrogen and oxygen atoms in total. The lowest BCUT2D eigenvalue weighted by molar-refractivity contribution is -0.394. The quantitative estimate of drug-likeness (QED) is 0.259. The van der Waals surface area contributed by atoms with E-state index in [0.29, 0.717) is 0 Å². The van der Waals surface area contributed by atoms with Crippen LogP contribution in [0.5, 0.6) is 0 Å². The van der Waals surface area contributed by atoms with Gasteiger partial charge in [-0.1, -0.05) is 6.92 Å². The normalized spacial score (nSPS) is 10.9. The molecule has 0 N–H and O–H groups in total. The SMILES string of the molecule is C/C=C(\OC(=O)c1cc([N+](=O)[O-])cc([N+](=O)[O-])c1)C(=O)CC. The molecule has 0 bridgehead atoms. The maximum atomic E-state index is 11.9. The van der Waals surface area contributed by atoms with E-state index in [2.05, 4.69) is 0 Å². The first-order valence-electron chi connectivity index (χ1n) is 6.15. The zero-order valence-corrected chi connectivity index (χ0v) is 11.8. The molecule has 1 aromatic rings. The molecule has 116 valence electrons. The molecule has 1 rings (SSSR count). The van der Waals surface area contributed by atoms with E-state index in [1.54, 1.807) is 6.92 Å². The Morgan fingerprint density at radius 2 is 1.64 bits per heavy atom. The molecule has 9 heteroatoms. The number of benzene rings is 1. The molecule has 0 atom stereocenters. The van der Waals surface area contributed by atoms with Gasteiger partial charge in [-0.2, -0.15) is 0 Å². The summed E-state index contributed by atoms with van der Waals surface area (Å²) in [5, 5.41) is 21.5. The van der Waals surface area contributed by atoms with Gasteiger partial charge in [-0.15, -0.1) is 0 Å². The van der Waals surface area contributed by atoms with E-state index >= 15 is 0 Å². The fraction of sp³-hybridized carbons (Fsp3) is 0.231. The highest BCUT2D eigenvalue weighted by atomic mass is 16.6. The van der Waals surface area contributed by atoms with Crippen molar-refractivity contribution < 1.29 is 24.2 Å². The van der Waals surface area contributed by atoms with Crippen molar-refractivity contribution in [2.75, 3.05) is 0 Å². The van der Waals surface area contributed by atoms with E-state index in [1.165, 1.54) is 13.0 Å². The number of ether oxygens (including phenoxy) is 1. The number of nitro groups is 2. The van der Waals surface area contributed by atoms with Crippen LogP contribution in [0.1, 0.15) is 30.6 Å². The number of hydrogen-bond acceptors (Lipinski definition) is 7. The Bertz CT molecular complexity index is 647. The average Bonchev–Trinajstić information content (AvgIpc) is 2.50. The van der Waals surface area contributed by atoms with Crippen LogP contribution in [-0.4, -0.2) is 21.6 Å². The Morgan fingerprint density at radius 3 is 2.00 bits per heavy atom. The summed E-state index contributed by atoms with van der Waals surface area (Å²) in [5.74, 6) is -1.74. The molecule has 0 amide bonds. The number of nitro benzene ring substituents is 2. The number of carbonyl (C=O) groups is 2. The van der Waals surface area contributed by atoms with Crippen LogP contribution in [0, 0.1) is 20.2 Å². The number of ketones is 1. The summed E-state index contributed by atoms with van der Waals surface area (Å²) in [6, 6.07) is 2.42. The third kappa shape index (κ3) is 3.95. The van der Waals surface area contributed by atoms with Crippen molar-refractivity contribution in [3.8, 4) is 0 Å². The van der Waals surface area contributed by atoms with Crippen LogP contribution in [-0.2, 0) is 9.53 Å². The number of nitrogens with zero attached hydrogens (tertiary/aromatic N) is 2. The average molecular weight is 308 g/mol.